The maximum Gasteiger partial charge on any atom is 0.282 e. The lowest BCUT2D eigenvalue weighted by Gasteiger charge is -2.11. The first kappa shape index (κ1) is 23.6. The van der Waals surface area contributed by atoms with Gasteiger partial charge in [0.1, 0.15) is 18.2 Å². The van der Waals surface area contributed by atoms with Crippen LogP contribution in [0.5, 0.6) is 5.75 Å². The van der Waals surface area contributed by atoms with Crippen LogP contribution in [0.3, 0.4) is 0 Å². The Hall–Kier alpha value is -3.56. The first-order valence-electron chi connectivity index (χ1n) is 10.3. The summed E-state index contributed by atoms with van der Waals surface area (Å²) in [6.07, 6.45) is 1.99. The van der Waals surface area contributed by atoms with E-state index in [0.29, 0.717) is 45.0 Å². The summed E-state index contributed by atoms with van der Waals surface area (Å²) in [6, 6.07) is 16.6. The number of ether oxygens (including phenoxy) is 1. The van der Waals surface area contributed by atoms with Gasteiger partial charge in [0.25, 0.3) is 11.2 Å². The molecule has 0 aliphatic rings. The molecule has 0 atom stereocenters. The summed E-state index contributed by atoms with van der Waals surface area (Å²) >= 11 is 9.56. The Morgan fingerprint density at radius 3 is 2.79 bits per heavy atom. The zero-order valence-corrected chi connectivity index (χ0v) is 20.3. The van der Waals surface area contributed by atoms with Gasteiger partial charge in [0.15, 0.2) is 0 Å². The normalized spacial score (nSPS) is 11.3. The van der Waals surface area contributed by atoms with Crippen molar-refractivity contribution in [3.63, 3.8) is 0 Å². The number of hydrogen-bond donors (Lipinski definition) is 0. The molecule has 0 unspecified atom stereocenters. The predicted octanol–water partition coefficient (Wildman–Crippen LogP) is 5.74. The number of benzene rings is 3. The molecule has 4 rings (SSSR count). The molecule has 1 heterocycles. The molecule has 0 amide bonds. The molecule has 0 bridgehead atoms. The highest BCUT2D eigenvalue weighted by Crippen LogP contribution is 2.24. The number of nitro benzene ring substituents is 1. The number of halogens is 2. The van der Waals surface area contributed by atoms with Crippen molar-refractivity contribution in [2.24, 2.45) is 5.10 Å². The number of fused-ring (bicyclic) bond motifs is 1. The van der Waals surface area contributed by atoms with Crippen molar-refractivity contribution in [3.05, 3.63) is 108 Å². The van der Waals surface area contributed by atoms with E-state index < -0.39 is 4.92 Å². The third-order valence-corrected chi connectivity index (χ3v) is 5.72. The van der Waals surface area contributed by atoms with E-state index in [9.17, 15) is 14.9 Å². The highest BCUT2D eigenvalue weighted by atomic mass is 79.9. The van der Waals surface area contributed by atoms with Gasteiger partial charge in [-0.15, -0.1) is 0 Å². The van der Waals surface area contributed by atoms with Crippen LogP contribution in [-0.2, 0) is 13.0 Å². The largest absolute Gasteiger partial charge is 0.488 e. The molecule has 0 fully saturated rings. The molecule has 0 saturated carbocycles. The Morgan fingerprint density at radius 1 is 1.21 bits per heavy atom. The van der Waals surface area contributed by atoms with Gasteiger partial charge in [-0.2, -0.15) is 9.78 Å². The van der Waals surface area contributed by atoms with Crippen molar-refractivity contribution >= 4 is 50.3 Å². The molecule has 172 valence electrons. The van der Waals surface area contributed by atoms with Gasteiger partial charge in [0, 0.05) is 33.6 Å². The van der Waals surface area contributed by atoms with Crippen LogP contribution in [-0.4, -0.2) is 20.8 Å². The summed E-state index contributed by atoms with van der Waals surface area (Å²) in [5.41, 5.74) is 1.48. The molecule has 3 aromatic carbocycles. The van der Waals surface area contributed by atoms with Crippen LogP contribution < -0.4 is 10.3 Å². The fourth-order valence-corrected chi connectivity index (χ4v) is 3.88. The lowest BCUT2D eigenvalue weighted by molar-refractivity contribution is -0.384. The molecule has 0 radical (unpaired) electrons. The van der Waals surface area contributed by atoms with Gasteiger partial charge in [-0.25, -0.2) is 4.98 Å². The summed E-state index contributed by atoms with van der Waals surface area (Å²) in [5, 5.41) is 16.3. The number of rotatable bonds is 7. The maximum atomic E-state index is 13.1. The smallest absolute Gasteiger partial charge is 0.282 e. The second-order valence-corrected chi connectivity index (χ2v) is 8.65. The molecule has 4 aromatic rings. The van der Waals surface area contributed by atoms with E-state index in [4.69, 9.17) is 16.3 Å². The number of hydrogen-bond acceptors (Lipinski definition) is 6. The van der Waals surface area contributed by atoms with Crippen LogP contribution in [0.25, 0.3) is 10.9 Å². The summed E-state index contributed by atoms with van der Waals surface area (Å²) in [5.74, 6) is 0.972. The monoisotopic (exact) mass is 540 g/mol. The predicted molar refractivity (Wildman–Crippen MR) is 135 cm³/mol. The second-order valence-electron chi connectivity index (χ2n) is 7.30. The van der Waals surface area contributed by atoms with Crippen molar-refractivity contribution in [1.82, 2.24) is 9.66 Å². The van der Waals surface area contributed by atoms with Crippen molar-refractivity contribution in [1.29, 1.82) is 0 Å². The van der Waals surface area contributed by atoms with E-state index in [0.717, 1.165) is 4.47 Å². The number of aromatic nitrogens is 2. The third-order valence-electron chi connectivity index (χ3n) is 4.99. The van der Waals surface area contributed by atoms with Crippen molar-refractivity contribution in [2.45, 2.75) is 20.0 Å². The first-order chi connectivity index (χ1) is 16.4. The summed E-state index contributed by atoms with van der Waals surface area (Å²) < 4.78 is 7.93. The standard InChI is InChI=1S/C24H18BrClN4O4/c1-2-23-28-21-8-6-17(25)12-20(21)24(31)29(23)27-13-16-11-18(26)7-9-22(16)34-14-15-4-3-5-19(10-15)30(32)33/h3-13H,2,14H2,1H3. The lowest BCUT2D eigenvalue weighted by atomic mass is 10.2. The molecule has 8 nitrogen and oxygen atoms in total. The third kappa shape index (κ3) is 5.16. The van der Waals surface area contributed by atoms with E-state index in [1.54, 1.807) is 42.5 Å². The fourth-order valence-electron chi connectivity index (χ4n) is 3.34. The quantitative estimate of drug-likeness (QED) is 0.169. The van der Waals surface area contributed by atoms with E-state index in [-0.39, 0.29) is 17.9 Å². The molecule has 1 aromatic heterocycles. The van der Waals surface area contributed by atoms with Crippen molar-refractivity contribution < 1.29 is 9.66 Å². The van der Waals surface area contributed by atoms with Gasteiger partial charge in [-0.1, -0.05) is 46.6 Å². The van der Waals surface area contributed by atoms with Gasteiger partial charge in [0.2, 0.25) is 0 Å². The van der Waals surface area contributed by atoms with Gasteiger partial charge >= 0.3 is 0 Å². The van der Waals surface area contributed by atoms with Gasteiger partial charge in [-0.3, -0.25) is 14.9 Å². The molecule has 0 aliphatic heterocycles. The molecule has 10 heteroatoms. The number of aryl methyl sites for hydroxylation is 1. The molecule has 0 aliphatic carbocycles. The number of non-ortho nitro benzene ring substituents is 1. The van der Waals surface area contributed by atoms with Gasteiger partial charge in [0.05, 0.1) is 22.0 Å². The van der Waals surface area contributed by atoms with Crippen LogP contribution in [0, 0.1) is 10.1 Å². The zero-order chi connectivity index (χ0) is 24.2. The van der Waals surface area contributed by atoms with Crippen molar-refractivity contribution in [3.8, 4) is 5.75 Å². The van der Waals surface area contributed by atoms with E-state index >= 15 is 0 Å². The first-order valence-corrected chi connectivity index (χ1v) is 11.4. The minimum atomic E-state index is -0.455. The van der Waals surface area contributed by atoms with Crippen LogP contribution >= 0.6 is 27.5 Å². The fraction of sp³-hybridized carbons (Fsp3) is 0.125. The maximum absolute atomic E-state index is 13.1. The average Bonchev–Trinajstić information content (AvgIpc) is 2.83. The Labute approximate surface area is 207 Å². The van der Waals surface area contributed by atoms with E-state index in [1.807, 2.05) is 13.0 Å². The average molecular weight is 542 g/mol. The topological polar surface area (TPSA) is 99.6 Å². The second kappa shape index (κ2) is 10.1. The van der Waals surface area contributed by atoms with E-state index in [2.05, 4.69) is 26.0 Å². The Balaban J connectivity index is 1.68. The Kier molecular flexibility index (Phi) is 7.04. The van der Waals surface area contributed by atoms with Crippen LogP contribution in [0.15, 0.2) is 75.0 Å². The molecule has 34 heavy (non-hydrogen) atoms. The van der Waals surface area contributed by atoms with Crippen molar-refractivity contribution in [2.75, 3.05) is 0 Å². The Bertz CT molecular complexity index is 1490. The van der Waals surface area contributed by atoms with Gasteiger partial charge in [-0.05, 0) is 42.0 Å². The van der Waals surface area contributed by atoms with Crippen LogP contribution in [0.4, 0.5) is 5.69 Å². The minimum Gasteiger partial charge on any atom is -0.488 e. The summed E-state index contributed by atoms with van der Waals surface area (Å²) in [6.45, 7) is 2.00. The SMILES string of the molecule is CCc1nc2ccc(Br)cc2c(=O)n1N=Cc1cc(Cl)ccc1OCc1cccc([N+](=O)[O-])c1. The molecule has 0 spiro atoms. The molecular formula is C24H18BrClN4O4. The summed E-state index contributed by atoms with van der Waals surface area (Å²) in [4.78, 5) is 28.2. The minimum absolute atomic E-state index is 0.0131. The van der Waals surface area contributed by atoms with Crippen LogP contribution in [0.1, 0.15) is 23.9 Å². The highest BCUT2D eigenvalue weighted by Gasteiger charge is 2.11. The lowest BCUT2D eigenvalue weighted by Crippen LogP contribution is -2.22. The zero-order valence-electron chi connectivity index (χ0n) is 17.9. The molecular weight excluding hydrogens is 524 g/mol. The molecule has 0 N–H and O–H groups in total. The van der Waals surface area contributed by atoms with E-state index in [1.165, 1.54) is 23.0 Å². The van der Waals surface area contributed by atoms with Crippen LogP contribution in [0.2, 0.25) is 5.02 Å². The number of nitro groups is 1. The molecule has 0 saturated heterocycles. The Morgan fingerprint density at radius 2 is 2.03 bits per heavy atom. The summed E-state index contributed by atoms with van der Waals surface area (Å²) in [7, 11) is 0. The number of nitrogens with zero attached hydrogens (tertiary/aromatic N) is 4. The van der Waals surface area contributed by atoms with Gasteiger partial charge < -0.3 is 4.74 Å². The highest BCUT2D eigenvalue weighted by molar-refractivity contribution is 9.10.